The van der Waals surface area contributed by atoms with E-state index in [2.05, 4.69) is 28.9 Å². The molecule has 2 aliphatic carbocycles. The highest BCUT2D eigenvalue weighted by Crippen LogP contribution is 2.52. The predicted octanol–water partition coefficient (Wildman–Crippen LogP) is 4.61. The van der Waals surface area contributed by atoms with Crippen LogP contribution in [0.2, 0.25) is 0 Å². The number of aliphatic hydroxyl groups excluding tert-OH is 1. The minimum Gasteiger partial charge on any atom is -0.489 e. The van der Waals surface area contributed by atoms with Crippen molar-refractivity contribution >= 4 is 15.9 Å². The molecule has 0 radical (unpaired) electrons. The van der Waals surface area contributed by atoms with Gasteiger partial charge in [0.25, 0.3) is 0 Å². The Morgan fingerprint density at radius 2 is 1.90 bits per heavy atom. The Morgan fingerprint density at radius 3 is 2.55 bits per heavy atom. The molecular weight excluding hydrogens is 316 g/mol. The molecule has 2 saturated carbocycles. The fourth-order valence-electron chi connectivity index (χ4n) is 3.79. The van der Waals surface area contributed by atoms with E-state index in [9.17, 15) is 5.11 Å². The van der Waals surface area contributed by atoms with E-state index in [1.54, 1.807) is 0 Å². The van der Waals surface area contributed by atoms with Crippen LogP contribution in [-0.4, -0.2) is 17.3 Å². The summed E-state index contributed by atoms with van der Waals surface area (Å²) in [5.74, 6) is 0.958. The van der Waals surface area contributed by atoms with Crippen LogP contribution in [0, 0.1) is 12.3 Å². The number of aliphatic hydroxyl groups is 1. The fraction of sp³-hybridized carbons (Fsp3) is 0.647. The first kappa shape index (κ1) is 14.4. The van der Waals surface area contributed by atoms with Gasteiger partial charge in [0.2, 0.25) is 0 Å². The Bertz CT molecular complexity index is 478. The van der Waals surface area contributed by atoms with Crippen LogP contribution in [-0.2, 0) is 0 Å². The summed E-state index contributed by atoms with van der Waals surface area (Å²) in [6, 6.07) is 6.16. The molecule has 0 bridgehead atoms. The number of hydrogen-bond acceptors (Lipinski definition) is 2. The molecule has 1 aromatic rings. The second-order valence-corrected chi connectivity index (χ2v) is 7.33. The van der Waals surface area contributed by atoms with Crippen molar-refractivity contribution in [1.29, 1.82) is 0 Å². The van der Waals surface area contributed by atoms with Gasteiger partial charge in [0.1, 0.15) is 11.9 Å². The molecule has 1 N–H and O–H groups in total. The molecule has 2 fully saturated rings. The minimum absolute atomic E-state index is 0.0191. The lowest BCUT2D eigenvalue weighted by Crippen LogP contribution is -2.59. The lowest BCUT2D eigenvalue weighted by molar-refractivity contribution is -0.163. The van der Waals surface area contributed by atoms with Crippen molar-refractivity contribution in [2.75, 3.05) is 0 Å². The number of benzene rings is 1. The third kappa shape index (κ3) is 2.50. The molecule has 0 aromatic heterocycles. The standard InChI is InChI=1S/C17H23BrO2/c1-12-6-7-13(18)10-14(12)20-16-11-15(19)17(16)8-4-2-3-5-9-17/h6-7,10,15-16,19H,2-5,8-9,11H2,1H3. The number of aryl methyl sites for hydroxylation is 1. The van der Waals surface area contributed by atoms with E-state index in [-0.39, 0.29) is 17.6 Å². The smallest absolute Gasteiger partial charge is 0.123 e. The van der Waals surface area contributed by atoms with Gasteiger partial charge in [0, 0.05) is 16.3 Å². The van der Waals surface area contributed by atoms with E-state index in [1.165, 1.54) is 31.2 Å². The van der Waals surface area contributed by atoms with Crippen LogP contribution in [0.25, 0.3) is 0 Å². The van der Waals surface area contributed by atoms with Gasteiger partial charge in [-0.3, -0.25) is 0 Å². The van der Waals surface area contributed by atoms with Gasteiger partial charge < -0.3 is 9.84 Å². The molecule has 2 nitrogen and oxygen atoms in total. The highest BCUT2D eigenvalue weighted by molar-refractivity contribution is 9.10. The fourth-order valence-corrected chi connectivity index (χ4v) is 4.13. The Hall–Kier alpha value is -0.540. The zero-order valence-electron chi connectivity index (χ0n) is 12.1. The van der Waals surface area contributed by atoms with E-state index in [4.69, 9.17) is 4.74 Å². The summed E-state index contributed by atoms with van der Waals surface area (Å²) in [6.45, 7) is 2.08. The van der Waals surface area contributed by atoms with Crippen molar-refractivity contribution in [3.63, 3.8) is 0 Å². The van der Waals surface area contributed by atoms with Gasteiger partial charge in [-0.25, -0.2) is 0 Å². The molecule has 20 heavy (non-hydrogen) atoms. The zero-order chi connectivity index (χ0) is 14.2. The first-order chi connectivity index (χ1) is 9.62. The number of hydrogen-bond donors (Lipinski definition) is 1. The normalized spacial score (nSPS) is 28.8. The van der Waals surface area contributed by atoms with Gasteiger partial charge in [0.05, 0.1) is 6.10 Å². The van der Waals surface area contributed by atoms with E-state index >= 15 is 0 Å². The SMILES string of the molecule is Cc1ccc(Br)cc1OC1CC(O)C12CCCCCC2. The van der Waals surface area contributed by atoms with Crippen LogP contribution in [0.1, 0.15) is 50.5 Å². The molecule has 3 heteroatoms. The first-order valence-corrected chi connectivity index (χ1v) is 8.52. The summed E-state index contributed by atoms with van der Waals surface area (Å²) in [5.41, 5.74) is 1.18. The van der Waals surface area contributed by atoms with Gasteiger partial charge in [-0.15, -0.1) is 0 Å². The van der Waals surface area contributed by atoms with E-state index in [0.717, 1.165) is 29.5 Å². The van der Waals surface area contributed by atoms with Crippen LogP contribution in [0.4, 0.5) is 0 Å². The first-order valence-electron chi connectivity index (χ1n) is 7.73. The molecule has 1 aromatic carbocycles. The van der Waals surface area contributed by atoms with Crippen LogP contribution in [0.5, 0.6) is 5.75 Å². The van der Waals surface area contributed by atoms with Crippen molar-refractivity contribution in [3.8, 4) is 5.75 Å². The number of halogens is 1. The van der Waals surface area contributed by atoms with Crippen LogP contribution in [0.3, 0.4) is 0 Å². The van der Waals surface area contributed by atoms with Crippen molar-refractivity contribution in [3.05, 3.63) is 28.2 Å². The Kier molecular flexibility index (Phi) is 4.09. The largest absolute Gasteiger partial charge is 0.489 e. The molecule has 1 spiro atoms. The monoisotopic (exact) mass is 338 g/mol. The van der Waals surface area contributed by atoms with Gasteiger partial charge in [-0.2, -0.15) is 0 Å². The van der Waals surface area contributed by atoms with Gasteiger partial charge in [-0.1, -0.05) is 47.7 Å². The second-order valence-electron chi connectivity index (χ2n) is 6.42. The second kappa shape index (κ2) is 5.69. The van der Waals surface area contributed by atoms with Crippen molar-refractivity contribution in [2.45, 2.75) is 64.1 Å². The Balaban J connectivity index is 1.78. The van der Waals surface area contributed by atoms with Crippen LogP contribution < -0.4 is 4.74 Å². The topological polar surface area (TPSA) is 29.5 Å². The van der Waals surface area contributed by atoms with Crippen LogP contribution >= 0.6 is 15.9 Å². The van der Waals surface area contributed by atoms with Crippen molar-refractivity contribution in [1.82, 2.24) is 0 Å². The molecule has 110 valence electrons. The lowest BCUT2D eigenvalue weighted by Gasteiger charge is -2.53. The maximum absolute atomic E-state index is 10.3. The number of ether oxygens (including phenoxy) is 1. The summed E-state index contributed by atoms with van der Waals surface area (Å²) in [5, 5.41) is 10.3. The van der Waals surface area contributed by atoms with Gasteiger partial charge >= 0.3 is 0 Å². The van der Waals surface area contributed by atoms with Crippen molar-refractivity contribution < 1.29 is 9.84 Å². The molecule has 2 aliphatic rings. The maximum atomic E-state index is 10.3. The molecule has 2 unspecified atom stereocenters. The van der Waals surface area contributed by atoms with Crippen LogP contribution in [0.15, 0.2) is 22.7 Å². The summed E-state index contributed by atoms with van der Waals surface area (Å²) in [7, 11) is 0. The van der Waals surface area contributed by atoms with E-state index in [0.29, 0.717) is 0 Å². The van der Waals surface area contributed by atoms with E-state index < -0.39 is 0 Å². The summed E-state index contributed by atoms with van der Waals surface area (Å²) in [6.07, 6.45) is 8.10. The molecule has 0 heterocycles. The summed E-state index contributed by atoms with van der Waals surface area (Å²) >= 11 is 3.51. The average molecular weight is 339 g/mol. The maximum Gasteiger partial charge on any atom is 0.123 e. The quantitative estimate of drug-likeness (QED) is 0.853. The Morgan fingerprint density at radius 1 is 1.20 bits per heavy atom. The molecule has 3 rings (SSSR count). The molecule has 2 atom stereocenters. The van der Waals surface area contributed by atoms with Gasteiger partial charge in [-0.05, 0) is 37.5 Å². The zero-order valence-corrected chi connectivity index (χ0v) is 13.7. The van der Waals surface area contributed by atoms with Gasteiger partial charge in [0.15, 0.2) is 0 Å². The molecule has 0 saturated heterocycles. The Labute approximate surface area is 129 Å². The highest BCUT2D eigenvalue weighted by Gasteiger charge is 2.55. The minimum atomic E-state index is -0.168. The highest BCUT2D eigenvalue weighted by atomic mass is 79.9. The summed E-state index contributed by atoms with van der Waals surface area (Å²) < 4.78 is 7.34. The molecular formula is C17H23BrO2. The molecule has 0 aliphatic heterocycles. The number of rotatable bonds is 2. The average Bonchev–Trinajstić information content (AvgIpc) is 2.70. The lowest BCUT2D eigenvalue weighted by atomic mass is 9.59. The third-order valence-corrected chi connectivity index (χ3v) is 5.69. The van der Waals surface area contributed by atoms with E-state index in [1.807, 2.05) is 12.1 Å². The predicted molar refractivity (Wildman–Crippen MR) is 84.1 cm³/mol. The molecule has 0 amide bonds. The summed E-state index contributed by atoms with van der Waals surface area (Å²) in [4.78, 5) is 0. The van der Waals surface area contributed by atoms with Crippen molar-refractivity contribution in [2.24, 2.45) is 5.41 Å². The third-order valence-electron chi connectivity index (χ3n) is 5.20.